The van der Waals surface area contributed by atoms with Crippen molar-refractivity contribution in [2.75, 3.05) is 13.1 Å². The summed E-state index contributed by atoms with van der Waals surface area (Å²) in [7, 11) is 0. The van der Waals surface area contributed by atoms with Crippen LogP contribution in [0.4, 0.5) is 4.79 Å². The first-order chi connectivity index (χ1) is 11.2. The quantitative estimate of drug-likeness (QED) is 0.679. The molecule has 1 fully saturated rings. The molecule has 3 N–H and O–H groups in total. The molecule has 1 heterocycles. The maximum Gasteiger partial charge on any atom is 0.315 e. The molecule has 6 nitrogen and oxygen atoms in total. The minimum absolute atomic E-state index is 0.0323. The first kappa shape index (κ1) is 15.4. The van der Waals surface area contributed by atoms with Gasteiger partial charge in [-0.1, -0.05) is 18.2 Å². The van der Waals surface area contributed by atoms with Crippen LogP contribution in [0.5, 0.6) is 0 Å². The molecule has 1 aromatic heterocycles. The van der Waals surface area contributed by atoms with Crippen LogP contribution in [0.25, 0.3) is 10.9 Å². The lowest BCUT2D eigenvalue weighted by Gasteiger charge is -2.09. The number of urea groups is 1. The van der Waals surface area contributed by atoms with Crippen LogP contribution in [0.3, 0.4) is 0 Å². The number of rotatable bonds is 7. The molecule has 2 aromatic rings. The summed E-state index contributed by atoms with van der Waals surface area (Å²) < 4.78 is 2.18. The Morgan fingerprint density at radius 2 is 1.96 bits per heavy atom. The normalized spacial score (nSPS) is 13.7. The zero-order valence-electron chi connectivity index (χ0n) is 13.0. The SMILES string of the molecule is O=C(CNC(=O)NCCCn1ccc2ccccc21)NC1CC1. The molecule has 23 heavy (non-hydrogen) atoms. The monoisotopic (exact) mass is 314 g/mol. The van der Waals surface area contributed by atoms with Crippen LogP contribution in [-0.2, 0) is 11.3 Å². The molecular weight excluding hydrogens is 292 g/mol. The zero-order chi connectivity index (χ0) is 16.1. The number of nitrogens with one attached hydrogen (secondary N) is 3. The molecule has 0 spiro atoms. The lowest BCUT2D eigenvalue weighted by molar-refractivity contribution is -0.120. The van der Waals surface area contributed by atoms with Gasteiger partial charge in [-0.3, -0.25) is 4.79 Å². The molecule has 3 rings (SSSR count). The Hall–Kier alpha value is -2.50. The van der Waals surface area contributed by atoms with Gasteiger partial charge in [0, 0.05) is 30.8 Å². The number of nitrogens with zero attached hydrogens (tertiary/aromatic N) is 1. The van der Waals surface area contributed by atoms with E-state index in [9.17, 15) is 9.59 Å². The Morgan fingerprint density at radius 3 is 2.78 bits per heavy atom. The summed E-state index contributed by atoms with van der Waals surface area (Å²) in [5, 5.41) is 9.39. The van der Waals surface area contributed by atoms with Crippen LogP contribution < -0.4 is 16.0 Å². The summed E-state index contributed by atoms with van der Waals surface area (Å²) in [6, 6.07) is 10.3. The van der Waals surface area contributed by atoms with Gasteiger partial charge in [0.05, 0.1) is 6.54 Å². The number of carbonyl (C=O) groups is 2. The van der Waals surface area contributed by atoms with Crippen molar-refractivity contribution in [2.45, 2.75) is 31.8 Å². The van der Waals surface area contributed by atoms with Gasteiger partial charge in [-0.05, 0) is 36.8 Å². The second-order valence-corrected chi connectivity index (χ2v) is 5.87. The molecule has 0 aliphatic heterocycles. The van der Waals surface area contributed by atoms with Crippen molar-refractivity contribution in [3.63, 3.8) is 0 Å². The smallest absolute Gasteiger partial charge is 0.315 e. The van der Waals surface area contributed by atoms with E-state index in [-0.39, 0.29) is 18.5 Å². The van der Waals surface area contributed by atoms with Gasteiger partial charge in [0.1, 0.15) is 0 Å². The molecule has 0 bridgehead atoms. The van der Waals surface area contributed by atoms with Crippen molar-refractivity contribution in [3.8, 4) is 0 Å². The third-order valence-corrected chi connectivity index (χ3v) is 3.89. The van der Waals surface area contributed by atoms with Gasteiger partial charge in [-0.25, -0.2) is 4.79 Å². The highest BCUT2D eigenvalue weighted by atomic mass is 16.2. The van der Waals surface area contributed by atoms with Gasteiger partial charge >= 0.3 is 6.03 Å². The van der Waals surface area contributed by atoms with Crippen molar-refractivity contribution < 1.29 is 9.59 Å². The molecule has 0 unspecified atom stereocenters. The number of hydrogen-bond acceptors (Lipinski definition) is 2. The second-order valence-electron chi connectivity index (χ2n) is 5.87. The zero-order valence-corrected chi connectivity index (χ0v) is 13.0. The van der Waals surface area contributed by atoms with Gasteiger partial charge in [-0.15, -0.1) is 0 Å². The molecule has 0 radical (unpaired) electrons. The summed E-state index contributed by atoms with van der Waals surface area (Å²) in [6.07, 6.45) is 4.99. The fraction of sp³-hybridized carbons (Fsp3) is 0.412. The van der Waals surface area contributed by atoms with E-state index in [1.165, 1.54) is 10.9 Å². The van der Waals surface area contributed by atoms with E-state index >= 15 is 0 Å². The van der Waals surface area contributed by atoms with Crippen LogP contribution in [0, 0.1) is 0 Å². The van der Waals surface area contributed by atoms with Crippen molar-refractivity contribution in [2.24, 2.45) is 0 Å². The van der Waals surface area contributed by atoms with Gasteiger partial charge < -0.3 is 20.5 Å². The standard InChI is InChI=1S/C17H22N4O2/c22-16(20-14-6-7-14)12-19-17(23)18-9-3-10-21-11-8-13-4-1-2-5-15(13)21/h1-2,4-5,8,11,14H,3,6-7,9-10,12H2,(H,20,22)(H2,18,19,23). The van der Waals surface area contributed by atoms with Gasteiger partial charge in [0.25, 0.3) is 0 Å². The maximum absolute atomic E-state index is 11.6. The molecular formula is C17H22N4O2. The molecule has 1 aliphatic carbocycles. The van der Waals surface area contributed by atoms with Crippen molar-refractivity contribution >= 4 is 22.8 Å². The summed E-state index contributed by atoms with van der Waals surface area (Å²) >= 11 is 0. The van der Waals surface area contributed by atoms with Crippen LogP contribution in [0.2, 0.25) is 0 Å². The highest BCUT2D eigenvalue weighted by molar-refractivity contribution is 5.84. The minimum Gasteiger partial charge on any atom is -0.352 e. The van der Waals surface area contributed by atoms with E-state index in [2.05, 4.69) is 44.9 Å². The van der Waals surface area contributed by atoms with Crippen molar-refractivity contribution in [3.05, 3.63) is 36.5 Å². The van der Waals surface area contributed by atoms with E-state index in [1.54, 1.807) is 0 Å². The highest BCUT2D eigenvalue weighted by Gasteiger charge is 2.23. The molecule has 0 atom stereocenters. The van der Waals surface area contributed by atoms with Gasteiger partial charge in [0.2, 0.25) is 5.91 Å². The number of fused-ring (bicyclic) bond motifs is 1. The fourth-order valence-corrected chi connectivity index (χ4v) is 2.52. The molecule has 0 saturated heterocycles. The Balaban J connectivity index is 1.33. The van der Waals surface area contributed by atoms with E-state index in [1.807, 2.05) is 12.1 Å². The van der Waals surface area contributed by atoms with Crippen LogP contribution in [0.1, 0.15) is 19.3 Å². The van der Waals surface area contributed by atoms with E-state index in [4.69, 9.17) is 0 Å². The third-order valence-electron chi connectivity index (χ3n) is 3.89. The molecule has 1 aliphatic rings. The van der Waals surface area contributed by atoms with Crippen molar-refractivity contribution in [1.29, 1.82) is 0 Å². The molecule has 6 heteroatoms. The number of amides is 3. The Morgan fingerprint density at radius 1 is 1.13 bits per heavy atom. The molecule has 1 saturated carbocycles. The summed E-state index contributed by atoms with van der Waals surface area (Å²) in [6.45, 7) is 1.45. The lowest BCUT2D eigenvalue weighted by Crippen LogP contribution is -2.42. The summed E-state index contributed by atoms with van der Waals surface area (Å²) in [5.74, 6) is -0.124. The first-order valence-corrected chi connectivity index (χ1v) is 8.07. The number of aryl methyl sites for hydroxylation is 1. The Labute approximate surface area is 135 Å². The minimum atomic E-state index is -0.298. The van der Waals surface area contributed by atoms with E-state index < -0.39 is 0 Å². The average molecular weight is 314 g/mol. The van der Waals surface area contributed by atoms with Gasteiger partial charge in [0.15, 0.2) is 0 Å². The van der Waals surface area contributed by atoms with E-state index in [0.717, 1.165) is 25.8 Å². The van der Waals surface area contributed by atoms with Crippen LogP contribution in [0.15, 0.2) is 36.5 Å². The molecule has 1 aromatic carbocycles. The van der Waals surface area contributed by atoms with Crippen molar-refractivity contribution in [1.82, 2.24) is 20.5 Å². The first-order valence-electron chi connectivity index (χ1n) is 8.07. The highest BCUT2D eigenvalue weighted by Crippen LogP contribution is 2.18. The van der Waals surface area contributed by atoms with Crippen LogP contribution in [-0.4, -0.2) is 35.6 Å². The predicted molar refractivity (Wildman–Crippen MR) is 89.1 cm³/mol. The number of para-hydroxylation sites is 1. The number of aromatic nitrogens is 1. The largest absolute Gasteiger partial charge is 0.352 e. The summed E-state index contributed by atoms with van der Waals surface area (Å²) in [4.78, 5) is 23.1. The van der Waals surface area contributed by atoms with E-state index in [0.29, 0.717) is 12.6 Å². The fourth-order valence-electron chi connectivity index (χ4n) is 2.52. The molecule has 122 valence electrons. The third kappa shape index (κ3) is 4.48. The topological polar surface area (TPSA) is 75.2 Å². The molecule has 3 amide bonds. The van der Waals surface area contributed by atoms with Gasteiger partial charge in [-0.2, -0.15) is 0 Å². The number of hydrogen-bond donors (Lipinski definition) is 3. The Kier molecular flexibility index (Phi) is 4.80. The number of benzene rings is 1. The summed E-state index contributed by atoms with van der Waals surface area (Å²) in [5.41, 5.74) is 1.20. The average Bonchev–Trinajstić information content (AvgIpc) is 3.27. The van der Waals surface area contributed by atoms with Crippen LogP contribution >= 0.6 is 0 Å². The lowest BCUT2D eigenvalue weighted by atomic mass is 10.2. The predicted octanol–water partition coefficient (Wildman–Crippen LogP) is 1.61. The Bertz CT molecular complexity index is 691. The number of carbonyl (C=O) groups excluding carboxylic acids is 2. The maximum atomic E-state index is 11.6. The second kappa shape index (κ2) is 7.17.